The number of ether oxygens (including phenoxy) is 1. The largest absolute Gasteiger partial charge is 0.465 e. The molecule has 0 unspecified atom stereocenters. The quantitative estimate of drug-likeness (QED) is 0.614. The Morgan fingerprint density at radius 2 is 1.68 bits per heavy atom. The molecule has 2 fully saturated rings. The average molecular weight is 317 g/mol. The summed E-state index contributed by atoms with van der Waals surface area (Å²) in [4.78, 5) is 12.4. The molecule has 1 aliphatic heterocycles. The fourth-order valence-electron chi connectivity index (χ4n) is 5.28. The summed E-state index contributed by atoms with van der Waals surface area (Å²) in [5.74, 6) is 2.16. The molecule has 3 heteroatoms. The zero-order valence-corrected chi connectivity index (χ0v) is 15.4. The first kappa shape index (κ1) is 15.8. The molecule has 1 aromatic rings. The first-order chi connectivity index (χ1) is 10.4. The van der Waals surface area contributed by atoms with Gasteiger partial charge in [0.05, 0.1) is 20.6 Å². The minimum atomic E-state index is -1.64. The third-order valence-electron chi connectivity index (χ3n) is 6.56. The maximum absolute atomic E-state index is 12.4. The fraction of sp³-hybridized carbons (Fsp3) is 0.632. The number of esters is 1. The van der Waals surface area contributed by atoms with Gasteiger partial charge in [-0.05, 0) is 29.2 Å². The van der Waals surface area contributed by atoms with Crippen LogP contribution in [0.4, 0.5) is 0 Å². The van der Waals surface area contributed by atoms with Gasteiger partial charge in [0.25, 0.3) is 0 Å². The summed E-state index contributed by atoms with van der Waals surface area (Å²) in [6, 6.07) is 11.0. The molecule has 1 heterocycles. The van der Waals surface area contributed by atoms with Crippen molar-refractivity contribution in [1.29, 1.82) is 0 Å². The zero-order valence-electron chi connectivity index (χ0n) is 14.4. The fourth-order valence-corrected chi connectivity index (χ4v) is 9.83. The van der Waals surface area contributed by atoms with Crippen molar-refractivity contribution < 1.29 is 9.53 Å². The number of rotatable bonds is 2. The molecule has 120 valence electrons. The van der Waals surface area contributed by atoms with Gasteiger partial charge in [-0.2, -0.15) is 0 Å². The maximum Gasteiger partial charge on any atom is 0.309 e. The molecule has 1 aliphatic carbocycles. The van der Waals surface area contributed by atoms with Gasteiger partial charge in [-0.15, -0.1) is 0 Å². The molecule has 1 aromatic carbocycles. The van der Waals surface area contributed by atoms with Crippen molar-refractivity contribution in [2.45, 2.75) is 39.4 Å². The lowest BCUT2D eigenvalue weighted by molar-refractivity contribution is -0.160. The van der Waals surface area contributed by atoms with E-state index in [1.165, 1.54) is 5.19 Å². The Morgan fingerprint density at radius 3 is 2.32 bits per heavy atom. The zero-order chi connectivity index (χ0) is 16.1. The van der Waals surface area contributed by atoms with Crippen LogP contribution in [0.15, 0.2) is 30.3 Å². The lowest BCUT2D eigenvalue weighted by Gasteiger charge is -2.42. The molecule has 2 aliphatic rings. The molecule has 1 saturated carbocycles. The van der Waals surface area contributed by atoms with E-state index < -0.39 is 8.07 Å². The van der Waals surface area contributed by atoms with Crippen LogP contribution in [0.1, 0.15) is 20.8 Å². The normalized spacial score (nSPS) is 38.5. The van der Waals surface area contributed by atoms with Gasteiger partial charge < -0.3 is 4.74 Å². The van der Waals surface area contributed by atoms with Crippen LogP contribution in [0, 0.1) is 29.6 Å². The molecule has 6 atom stereocenters. The second kappa shape index (κ2) is 5.52. The third kappa shape index (κ3) is 2.25. The van der Waals surface area contributed by atoms with E-state index in [1.54, 1.807) is 0 Å². The predicted octanol–water partition coefficient (Wildman–Crippen LogP) is 3.68. The monoisotopic (exact) mass is 316 g/mol. The number of carbonyl (C=O) groups excluding carboxylic acids is 1. The van der Waals surface area contributed by atoms with Gasteiger partial charge in [0.2, 0.25) is 0 Å². The van der Waals surface area contributed by atoms with Crippen LogP contribution in [0.5, 0.6) is 0 Å². The second-order valence-electron chi connectivity index (χ2n) is 8.04. The van der Waals surface area contributed by atoms with Gasteiger partial charge in [-0.1, -0.05) is 69.4 Å². The molecule has 0 spiro atoms. The van der Waals surface area contributed by atoms with E-state index in [-0.39, 0.29) is 11.9 Å². The molecule has 2 nitrogen and oxygen atoms in total. The standard InChI is InChI=1S/C19H28O2Si/c1-12-11-21-19(20)17-13(2)14(3)18(16(12)17)22(4,5)15-9-7-6-8-10-15/h6-10,12-14,16-18H,11H2,1-5H3/t12-,13+,14+,16-,17-,18-/m1/s1. The SMILES string of the molecule is C[C@H]1[C@H](C)[C@@H]([Si](C)(C)c2ccccc2)[C@H]2[C@@H]1C(=O)OC[C@H]2C. The minimum absolute atomic E-state index is 0.0582. The van der Waals surface area contributed by atoms with Crippen molar-refractivity contribution in [1.82, 2.24) is 0 Å². The van der Waals surface area contributed by atoms with E-state index in [4.69, 9.17) is 4.74 Å². The van der Waals surface area contributed by atoms with Gasteiger partial charge in [0.1, 0.15) is 0 Å². The van der Waals surface area contributed by atoms with Crippen LogP contribution in [0.3, 0.4) is 0 Å². The number of cyclic esters (lactones) is 1. The molecule has 0 N–H and O–H groups in total. The van der Waals surface area contributed by atoms with Gasteiger partial charge in [0, 0.05) is 0 Å². The van der Waals surface area contributed by atoms with Crippen LogP contribution < -0.4 is 5.19 Å². The highest BCUT2D eigenvalue weighted by atomic mass is 28.3. The van der Waals surface area contributed by atoms with E-state index >= 15 is 0 Å². The minimum Gasteiger partial charge on any atom is -0.465 e. The van der Waals surface area contributed by atoms with Crippen LogP contribution in [0.25, 0.3) is 0 Å². The van der Waals surface area contributed by atoms with E-state index in [2.05, 4.69) is 64.2 Å². The van der Waals surface area contributed by atoms with Gasteiger partial charge in [-0.25, -0.2) is 0 Å². The van der Waals surface area contributed by atoms with Gasteiger partial charge in [0.15, 0.2) is 0 Å². The molecule has 0 radical (unpaired) electrons. The highest BCUT2D eigenvalue weighted by Crippen LogP contribution is 2.57. The number of carbonyl (C=O) groups is 1. The summed E-state index contributed by atoms with van der Waals surface area (Å²) < 4.78 is 5.47. The van der Waals surface area contributed by atoms with E-state index in [1.807, 2.05) is 0 Å². The number of benzene rings is 1. The Morgan fingerprint density at radius 1 is 1.05 bits per heavy atom. The lowest BCUT2D eigenvalue weighted by atomic mass is 9.80. The molecule has 0 bridgehead atoms. The Hall–Kier alpha value is -1.09. The molecular formula is C19H28O2Si. The van der Waals surface area contributed by atoms with Crippen molar-refractivity contribution in [3.8, 4) is 0 Å². The Labute approximate surface area is 135 Å². The summed E-state index contributed by atoms with van der Waals surface area (Å²) in [6.45, 7) is 12.5. The van der Waals surface area contributed by atoms with Gasteiger partial charge in [-0.3, -0.25) is 4.79 Å². The third-order valence-corrected chi connectivity index (χ3v) is 11.0. The molecule has 0 aromatic heterocycles. The van der Waals surface area contributed by atoms with Crippen molar-refractivity contribution in [3.63, 3.8) is 0 Å². The van der Waals surface area contributed by atoms with Crippen molar-refractivity contribution in [2.24, 2.45) is 29.6 Å². The smallest absolute Gasteiger partial charge is 0.309 e. The topological polar surface area (TPSA) is 26.3 Å². The summed E-state index contributed by atoms with van der Waals surface area (Å²) >= 11 is 0. The summed E-state index contributed by atoms with van der Waals surface area (Å²) in [6.07, 6.45) is 0. The van der Waals surface area contributed by atoms with Crippen molar-refractivity contribution in [3.05, 3.63) is 30.3 Å². The van der Waals surface area contributed by atoms with Crippen LogP contribution in [-0.2, 0) is 9.53 Å². The van der Waals surface area contributed by atoms with E-state index in [0.29, 0.717) is 35.8 Å². The Balaban J connectivity index is 2.03. The number of hydrogen-bond acceptors (Lipinski definition) is 2. The number of fused-ring (bicyclic) bond motifs is 1. The Kier molecular flexibility index (Phi) is 3.96. The molecule has 0 amide bonds. The van der Waals surface area contributed by atoms with Crippen LogP contribution >= 0.6 is 0 Å². The predicted molar refractivity (Wildman–Crippen MR) is 92.7 cm³/mol. The highest BCUT2D eigenvalue weighted by molar-refractivity contribution is 6.91. The molecule has 22 heavy (non-hydrogen) atoms. The van der Waals surface area contributed by atoms with Crippen LogP contribution in [0.2, 0.25) is 18.6 Å². The van der Waals surface area contributed by atoms with Gasteiger partial charge >= 0.3 is 5.97 Å². The summed E-state index contributed by atoms with van der Waals surface area (Å²) in [7, 11) is -1.64. The van der Waals surface area contributed by atoms with Crippen LogP contribution in [-0.4, -0.2) is 20.7 Å². The first-order valence-corrected chi connectivity index (χ1v) is 11.7. The number of hydrogen-bond donors (Lipinski definition) is 0. The summed E-state index contributed by atoms with van der Waals surface area (Å²) in [5.41, 5.74) is 0.651. The average Bonchev–Trinajstić information content (AvgIpc) is 2.78. The van der Waals surface area contributed by atoms with Crippen molar-refractivity contribution in [2.75, 3.05) is 6.61 Å². The van der Waals surface area contributed by atoms with Crippen molar-refractivity contribution >= 4 is 19.2 Å². The van der Waals surface area contributed by atoms with E-state index in [0.717, 1.165) is 0 Å². The first-order valence-electron chi connectivity index (χ1n) is 8.58. The lowest BCUT2D eigenvalue weighted by Crippen LogP contribution is -2.51. The van der Waals surface area contributed by atoms with E-state index in [9.17, 15) is 4.79 Å². The molecular weight excluding hydrogens is 288 g/mol. The highest BCUT2D eigenvalue weighted by Gasteiger charge is 2.58. The second-order valence-corrected chi connectivity index (χ2v) is 12.7. The Bertz CT molecular complexity index is 554. The summed E-state index contributed by atoms with van der Waals surface area (Å²) in [5, 5.41) is 1.52. The maximum atomic E-state index is 12.4. The molecule has 3 rings (SSSR count). The molecule has 1 saturated heterocycles.